The molecule has 15 heavy (non-hydrogen) atoms. The van der Waals surface area contributed by atoms with Crippen LogP contribution in [0.3, 0.4) is 0 Å². The Labute approximate surface area is 88.8 Å². The average Bonchev–Trinajstić information content (AvgIpc) is 2.70. The number of carbonyl (C=O) groups is 1. The summed E-state index contributed by atoms with van der Waals surface area (Å²) in [5, 5.41) is 4.01. The molecule has 0 spiro atoms. The molecule has 82 valence electrons. The molecule has 1 amide bonds. The normalized spacial score (nSPS) is 21.7. The molecule has 0 aromatic carbocycles. The van der Waals surface area contributed by atoms with E-state index in [0.717, 1.165) is 19.4 Å². The van der Waals surface area contributed by atoms with Gasteiger partial charge in [-0.2, -0.15) is 5.10 Å². The van der Waals surface area contributed by atoms with Crippen molar-refractivity contribution >= 4 is 5.91 Å². The molecule has 0 aliphatic carbocycles. The Morgan fingerprint density at radius 1 is 1.60 bits per heavy atom. The minimum atomic E-state index is 0.105. The van der Waals surface area contributed by atoms with Crippen LogP contribution < -0.4 is 5.73 Å². The maximum absolute atomic E-state index is 11.8. The Hall–Kier alpha value is -1.36. The third-order valence-electron chi connectivity index (χ3n) is 2.67. The third-order valence-corrected chi connectivity index (χ3v) is 2.67. The van der Waals surface area contributed by atoms with Crippen LogP contribution in [0.2, 0.25) is 0 Å². The van der Waals surface area contributed by atoms with Crippen molar-refractivity contribution < 1.29 is 4.79 Å². The molecule has 0 bridgehead atoms. The Kier molecular flexibility index (Phi) is 3.01. The van der Waals surface area contributed by atoms with Crippen LogP contribution in [0.1, 0.15) is 12.8 Å². The van der Waals surface area contributed by atoms with Crippen LogP contribution in [-0.4, -0.2) is 39.7 Å². The van der Waals surface area contributed by atoms with Crippen LogP contribution in [0.4, 0.5) is 0 Å². The Balaban J connectivity index is 1.90. The summed E-state index contributed by atoms with van der Waals surface area (Å²) < 4.78 is 1.64. The van der Waals surface area contributed by atoms with Gasteiger partial charge in [-0.1, -0.05) is 0 Å². The molecule has 1 aromatic heterocycles. The van der Waals surface area contributed by atoms with E-state index in [0.29, 0.717) is 13.1 Å². The first-order chi connectivity index (χ1) is 7.25. The van der Waals surface area contributed by atoms with Crippen LogP contribution >= 0.6 is 0 Å². The molecule has 2 rings (SSSR count). The zero-order valence-corrected chi connectivity index (χ0v) is 8.67. The van der Waals surface area contributed by atoms with Crippen LogP contribution in [0.15, 0.2) is 18.5 Å². The summed E-state index contributed by atoms with van der Waals surface area (Å²) in [4.78, 5) is 13.6. The van der Waals surface area contributed by atoms with Gasteiger partial charge in [0.2, 0.25) is 5.91 Å². The second kappa shape index (κ2) is 4.44. The topological polar surface area (TPSA) is 64.2 Å². The number of hydrogen-bond donors (Lipinski definition) is 1. The number of aromatic nitrogens is 2. The molecule has 1 fully saturated rings. The average molecular weight is 208 g/mol. The fraction of sp³-hybridized carbons (Fsp3) is 0.600. The van der Waals surface area contributed by atoms with Gasteiger partial charge in [0.25, 0.3) is 0 Å². The molecular weight excluding hydrogens is 192 g/mol. The van der Waals surface area contributed by atoms with E-state index in [2.05, 4.69) is 5.10 Å². The highest BCUT2D eigenvalue weighted by atomic mass is 16.2. The number of piperidine rings is 1. The smallest absolute Gasteiger partial charge is 0.244 e. The van der Waals surface area contributed by atoms with E-state index >= 15 is 0 Å². The number of rotatable bonds is 2. The van der Waals surface area contributed by atoms with Crippen molar-refractivity contribution in [2.75, 3.05) is 13.1 Å². The van der Waals surface area contributed by atoms with Gasteiger partial charge in [-0.3, -0.25) is 9.48 Å². The second-order valence-corrected chi connectivity index (χ2v) is 3.95. The van der Waals surface area contributed by atoms with Crippen molar-refractivity contribution in [1.29, 1.82) is 0 Å². The number of amides is 1. The van der Waals surface area contributed by atoms with Gasteiger partial charge in [-0.15, -0.1) is 0 Å². The van der Waals surface area contributed by atoms with Crippen molar-refractivity contribution in [3.8, 4) is 0 Å². The Morgan fingerprint density at radius 3 is 3.13 bits per heavy atom. The van der Waals surface area contributed by atoms with Crippen molar-refractivity contribution in [3.63, 3.8) is 0 Å². The van der Waals surface area contributed by atoms with Crippen LogP contribution in [0.5, 0.6) is 0 Å². The Bertz CT molecular complexity index is 322. The summed E-state index contributed by atoms with van der Waals surface area (Å²) in [7, 11) is 0. The highest BCUT2D eigenvalue weighted by molar-refractivity contribution is 5.76. The van der Waals surface area contributed by atoms with Crippen molar-refractivity contribution in [1.82, 2.24) is 14.7 Å². The van der Waals surface area contributed by atoms with Gasteiger partial charge in [0, 0.05) is 31.5 Å². The van der Waals surface area contributed by atoms with Gasteiger partial charge in [-0.25, -0.2) is 0 Å². The molecule has 0 saturated carbocycles. The minimum absolute atomic E-state index is 0.105. The maximum atomic E-state index is 11.8. The van der Waals surface area contributed by atoms with E-state index in [1.54, 1.807) is 17.1 Å². The summed E-state index contributed by atoms with van der Waals surface area (Å²) in [6, 6.07) is 1.95. The minimum Gasteiger partial charge on any atom is -0.340 e. The van der Waals surface area contributed by atoms with Crippen molar-refractivity contribution in [3.05, 3.63) is 18.5 Å². The molecule has 1 saturated heterocycles. The zero-order valence-electron chi connectivity index (χ0n) is 8.67. The summed E-state index contributed by atoms with van der Waals surface area (Å²) in [5.74, 6) is 0.105. The first-order valence-corrected chi connectivity index (χ1v) is 5.26. The highest BCUT2D eigenvalue weighted by Gasteiger charge is 2.21. The van der Waals surface area contributed by atoms with E-state index in [9.17, 15) is 4.79 Å². The van der Waals surface area contributed by atoms with Gasteiger partial charge in [0.15, 0.2) is 0 Å². The van der Waals surface area contributed by atoms with Gasteiger partial charge in [-0.05, 0) is 18.9 Å². The molecule has 5 heteroatoms. The maximum Gasteiger partial charge on any atom is 0.244 e. The predicted octanol–water partition coefficient (Wildman–Crippen LogP) is -0.167. The summed E-state index contributed by atoms with van der Waals surface area (Å²) in [6.45, 7) is 1.83. The SMILES string of the molecule is NC1CCCN(C(=O)Cn2cccn2)C1. The molecule has 1 unspecified atom stereocenters. The van der Waals surface area contributed by atoms with Crippen molar-refractivity contribution in [2.45, 2.75) is 25.4 Å². The molecule has 2 N–H and O–H groups in total. The standard InChI is InChI=1S/C10H16N4O/c11-9-3-1-5-13(7-9)10(15)8-14-6-2-4-12-14/h2,4,6,9H,1,3,5,7-8,11H2. The van der Waals surface area contributed by atoms with E-state index < -0.39 is 0 Å². The lowest BCUT2D eigenvalue weighted by molar-refractivity contribution is -0.133. The van der Waals surface area contributed by atoms with Crippen LogP contribution in [0, 0.1) is 0 Å². The molecule has 5 nitrogen and oxygen atoms in total. The predicted molar refractivity (Wildman–Crippen MR) is 56.0 cm³/mol. The fourth-order valence-corrected chi connectivity index (χ4v) is 1.87. The molecular formula is C10H16N4O. The van der Waals surface area contributed by atoms with E-state index in [-0.39, 0.29) is 11.9 Å². The summed E-state index contributed by atoms with van der Waals surface area (Å²) >= 11 is 0. The van der Waals surface area contributed by atoms with Gasteiger partial charge >= 0.3 is 0 Å². The number of likely N-dealkylation sites (tertiary alicyclic amines) is 1. The van der Waals surface area contributed by atoms with E-state index in [1.807, 2.05) is 11.0 Å². The monoisotopic (exact) mass is 208 g/mol. The van der Waals surface area contributed by atoms with Crippen LogP contribution in [-0.2, 0) is 11.3 Å². The molecule has 1 aliphatic rings. The zero-order chi connectivity index (χ0) is 10.7. The second-order valence-electron chi connectivity index (χ2n) is 3.95. The van der Waals surface area contributed by atoms with E-state index in [1.165, 1.54) is 0 Å². The van der Waals surface area contributed by atoms with Gasteiger partial charge in [0.05, 0.1) is 0 Å². The molecule has 1 aromatic rings. The first kappa shape index (κ1) is 10.2. The lowest BCUT2D eigenvalue weighted by atomic mass is 10.1. The lowest BCUT2D eigenvalue weighted by Gasteiger charge is -2.30. The van der Waals surface area contributed by atoms with E-state index in [4.69, 9.17) is 5.73 Å². The quantitative estimate of drug-likeness (QED) is 0.734. The number of hydrogen-bond acceptors (Lipinski definition) is 3. The number of nitrogens with zero attached hydrogens (tertiary/aromatic N) is 3. The van der Waals surface area contributed by atoms with Crippen molar-refractivity contribution in [2.24, 2.45) is 5.73 Å². The molecule has 1 atom stereocenters. The highest BCUT2D eigenvalue weighted by Crippen LogP contribution is 2.08. The molecule has 1 aliphatic heterocycles. The number of carbonyl (C=O) groups excluding carboxylic acids is 1. The fourth-order valence-electron chi connectivity index (χ4n) is 1.87. The van der Waals surface area contributed by atoms with Crippen LogP contribution in [0.25, 0.3) is 0 Å². The first-order valence-electron chi connectivity index (χ1n) is 5.26. The third kappa shape index (κ3) is 2.56. The molecule has 2 heterocycles. The Morgan fingerprint density at radius 2 is 2.47 bits per heavy atom. The summed E-state index contributed by atoms with van der Waals surface area (Å²) in [6.07, 6.45) is 5.49. The number of nitrogens with two attached hydrogens (primary N) is 1. The largest absolute Gasteiger partial charge is 0.340 e. The summed E-state index contributed by atoms with van der Waals surface area (Å²) in [5.41, 5.74) is 5.82. The van der Waals surface area contributed by atoms with Gasteiger partial charge in [0.1, 0.15) is 6.54 Å². The molecule has 0 radical (unpaired) electrons. The lowest BCUT2D eigenvalue weighted by Crippen LogP contribution is -2.46. The van der Waals surface area contributed by atoms with Gasteiger partial charge < -0.3 is 10.6 Å².